The first kappa shape index (κ1) is 11.6. The molecule has 2 nitrogen and oxygen atoms in total. The van der Waals surface area contributed by atoms with Gasteiger partial charge in [-0.2, -0.15) is 0 Å². The normalized spacial score (nSPS) is 19.0. The lowest BCUT2D eigenvalue weighted by Crippen LogP contribution is -2.23. The number of rotatable bonds is 3. The molecule has 0 N–H and O–H groups in total. The summed E-state index contributed by atoms with van der Waals surface area (Å²) in [6.07, 6.45) is 5.52. The maximum atomic E-state index is 4.58. The Labute approximate surface area is 104 Å². The van der Waals surface area contributed by atoms with Gasteiger partial charge in [0.1, 0.15) is 5.01 Å². The fourth-order valence-electron chi connectivity index (χ4n) is 1.97. The second kappa shape index (κ2) is 5.97. The monoisotopic (exact) mass is 288 g/mol. The molecule has 0 amide bonds. The van der Waals surface area contributed by atoms with E-state index in [1.165, 1.54) is 49.5 Å². The molecule has 4 heteroatoms. The van der Waals surface area contributed by atoms with Crippen LogP contribution in [0.2, 0.25) is 0 Å². The molecule has 0 spiro atoms. The first-order chi connectivity index (χ1) is 7.38. The number of alkyl halides is 1. The van der Waals surface area contributed by atoms with Crippen molar-refractivity contribution in [2.75, 3.05) is 13.1 Å². The molecule has 1 saturated heterocycles. The lowest BCUT2D eigenvalue weighted by atomic mass is 10.2. The Morgan fingerprint density at radius 1 is 1.27 bits per heavy atom. The Hall–Kier alpha value is 0.0700. The molecule has 0 saturated carbocycles. The van der Waals surface area contributed by atoms with Crippen molar-refractivity contribution in [2.24, 2.45) is 0 Å². The van der Waals surface area contributed by atoms with Crippen molar-refractivity contribution >= 4 is 27.3 Å². The third kappa shape index (κ3) is 3.54. The summed E-state index contributed by atoms with van der Waals surface area (Å²) in [6.45, 7) is 3.56. The van der Waals surface area contributed by atoms with Crippen molar-refractivity contribution in [3.05, 3.63) is 16.1 Å². The summed E-state index contributed by atoms with van der Waals surface area (Å²) >= 11 is 5.23. The zero-order valence-corrected chi connectivity index (χ0v) is 11.3. The quantitative estimate of drug-likeness (QED) is 0.793. The van der Waals surface area contributed by atoms with Crippen molar-refractivity contribution < 1.29 is 0 Å². The molecule has 1 aliphatic heterocycles. The standard InChI is InChI=1S/C11H17BrN2S/c12-7-10-9-15-11(13-10)8-14-5-3-1-2-4-6-14/h9H,1-8H2. The summed E-state index contributed by atoms with van der Waals surface area (Å²) in [4.78, 5) is 7.13. The van der Waals surface area contributed by atoms with E-state index < -0.39 is 0 Å². The molecule has 0 bridgehead atoms. The van der Waals surface area contributed by atoms with Gasteiger partial charge < -0.3 is 0 Å². The van der Waals surface area contributed by atoms with Gasteiger partial charge in [-0.15, -0.1) is 11.3 Å². The van der Waals surface area contributed by atoms with Gasteiger partial charge in [0.15, 0.2) is 0 Å². The maximum Gasteiger partial charge on any atom is 0.107 e. The first-order valence-electron chi connectivity index (χ1n) is 5.60. The highest BCUT2D eigenvalue weighted by molar-refractivity contribution is 9.08. The molecular formula is C11H17BrN2S. The fourth-order valence-corrected chi connectivity index (χ4v) is 3.31. The lowest BCUT2D eigenvalue weighted by Gasteiger charge is -2.17. The number of halogens is 1. The summed E-state index contributed by atoms with van der Waals surface area (Å²) in [7, 11) is 0. The first-order valence-corrected chi connectivity index (χ1v) is 7.60. The van der Waals surface area contributed by atoms with E-state index in [4.69, 9.17) is 0 Å². The van der Waals surface area contributed by atoms with Crippen LogP contribution in [0.3, 0.4) is 0 Å². The molecule has 1 fully saturated rings. The van der Waals surface area contributed by atoms with Crippen LogP contribution in [0.5, 0.6) is 0 Å². The summed E-state index contributed by atoms with van der Waals surface area (Å²) in [6, 6.07) is 0. The van der Waals surface area contributed by atoms with Crippen molar-refractivity contribution in [3.63, 3.8) is 0 Å². The second-order valence-electron chi connectivity index (χ2n) is 4.06. The Morgan fingerprint density at radius 2 is 2.00 bits per heavy atom. The molecule has 2 rings (SSSR count). The van der Waals surface area contributed by atoms with Gasteiger partial charge in [0.05, 0.1) is 12.2 Å². The number of aromatic nitrogens is 1. The number of likely N-dealkylation sites (tertiary alicyclic amines) is 1. The van der Waals surface area contributed by atoms with E-state index in [1.807, 2.05) is 0 Å². The molecule has 84 valence electrons. The van der Waals surface area contributed by atoms with Crippen LogP contribution in [0.15, 0.2) is 5.38 Å². The molecule has 0 aliphatic carbocycles. The van der Waals surface area contributed by atoms with Gasteiger partial charge in [0.2, 0.25) is 0 Å². The molecule has 15 heavy (non-hydrogen) atoms. The third-order valence-corrected chi connectivity index (χ3v) is 4.25. The summed E-state index contributed by atoms with van der Waals surface area (Å²) in [5, 5.41) is 4.30. The number of hydrogen-bond acceptors (Lipinski definition) is 3. The largest absolute Gasteiger partial charge is 0.297 e. The minimum absolute atomic E-state index is 0.878. The van der Waals surface area contributed by atoms with Crippen molar-refractivity contribution in [1.82, 2.24) is 9.88 Å². The molecule has 0 aromatic carbocycles. The van der Waals surface area contributed by atoms with Gasteiger partial charge in [-0.1, -0.05) is 28.8 Å². The molecule has 1 aromatic rings. The van der Waals surface area contributed by atoms with E-state index in [0.29, 0.717) is 0 Å². The van der Waals surface area contributed by atoms with Crippen LogP contribution < -0.4 is 0 Å². The van der Waals surface area contributed by atoms with Crippen molar-refractivity contribution in [1.29, 1.82) is 0 Å². The number of nitrogens with zero attached hydrogens (tertiary/aromatic N) is 2. The molecular weight excluding hydrogens is 272 g/mol. The minimum atomic E-state index is 0.878. The van der Waals surface area contributed by atoms with Gasteiger partial charge >= 0.3 is 0 Å². The van der Waals surface area contributed by atoms with Crippen LogP contribution >= 0.6 is 27.3 Å². The van der Waals surface area contributed by atoms with Gasteiger partial charge in [-0.05, 0) is 25.9 Å². The third-order valence-electron chi connectivity index (χ3n) is 2.79. The van der Waals surface area contributed by atoms with Gasteiger partial charge in [0, 0.05) is 10.7 Å². The summed E-state index contributed by atoms with van der Waals surface area (Å²) in [5.41, 5.74) is 1.17. The Kier molecular flexibility index (Phi) is 4.60. The fraction of sp³-hybridized carbons (Fsp3) is 0.727. The lowest BCUT2D eigenvalue weighted by molar-refractivity contribution is 0.276. The van der Waals surface area contributed by atoms with Crippen LogP contribution in [0.25, 0.3) is 0 Å². The van der Waals surface area contributed by atoms with Crippen LogP contribution in [-0.4, -0.2) is 23.0 Å². The smallest absolute Gasteiger partial charge is 0.107 e. The topological polar surface area (TPSA) is 16.1 Å². The van der Waals surface area contributed by atoms with Crippen LogP contribution in [0.4, 0.5) is 0 Å². The molecule has 1 aliphatic rings. The van der Waals surface area contributed by atoms with Gasteiger partial charge in [-0.3, -0.25) is 4.90 Å². The molecule has 1 aromatic heterocycles. The highest BCUT2D eigenvalue weighted by atomic mass is 79.9. The Balaban J connectivity index is 1.89. The van der Waals surface area contributed by atoms with E-state index in [0.717, 1.165) is 11.9 Å². The zero-order chi connectivity index (χ0) is 10.5. The highest BCUT2D eigenvalue weighted by Gasteiger charge is 2.11. The Morgan fingerprint density at radius 3 is 2.60 bits per heavy atom. The van der Waals surface area contributed by atoms with E-state index in [-0.39, 0.29) is 0 Å². The predicted octanol–water partition coefficient (Wildman–Crippen LogP) is 3.41. The zero-order valence-electron chi connectivity index (χ0n) is 8.91. The van der Waals surface area contributed by atoms with Crippen LogP contribution in [-0.2, 0) is 11.9 Å². The highest BCUT2D eigenvalue weighted by Crippen LogP contribution is 2.17. The number of hydrogen-bond donors (Lipinski definition) is 0. The Bertz CT molecular complexity index is 293. The van der Waals surface area contributed by atoms with E-state index >= 15 is 0 Å². The van der Waals surface area contributed by atoms with Crippen molar-refractivity contribution in [2.45, 2.75) is 37.6 Å². The molecule has 0 unspecified atom stereocenters. The average Bonchev–Trinajstić information content (AvgIpc) is 2.54. The number of thiazole rings is 1. The maximum absolute atomic E-state index is 4.58. The molecule has 0 radical (unpaired) electrons. The van der Waals surface area contributed by atoms with E-state index in [2.05, 4.69) is 31.2 Å². The van der Waals surface area contributed by atoms with E-state index in [9.17, 15) is 0 Å². The SMILES string of the molecule is BrCc1csc(CN2CCCCCC2)n1. The molecule has 0 atom stereocenters. The van der Waals surface area contributed by atoms with Gasteiger partial charge in [0.25, 0.3) is 0 Å². The molecule has 2 heterocycles. The second-order valence-corrected chi connectivity index (χ2v) is 5.56. The predicted molar refractivity (Wildman–Crippen MR) is 68.5 cm³/mol. The van der Waals surface area contributed by atoms with Gasteiger partial charge in [-0.25, -0.2) is 4.98 Å². The minimum Gasteiger partial charge on any atom is -0.297 e. The van der Waals surface area contributed by atoms with Crippen LogP contribution in [0.1, 0.15) is 36.4 Å². The average molecular weight is 289 g/mol. The summed E-state index contributed by atoms with van der Waals surface area (Å²) in [5.74, 6) is 0. The van der Waals surface area contributed by atoms with Crippen LogP contribution in [0, 0.1) is 0 Å². The summed E-state index contributed by atoms with van der Waals surface area (Å²) < 4.78 is 0. The van der Waals surface area contributed by atoms with Crippen molar-refractivity contribution in [3.8, 4) is 0 Å². The van der Waals surface area contributed by atoms with E-state index in [1.54, 1.807) is 11.3 Å².